The van der Waals surface area contributed by atoms with E-state index in [2.05, 4.69) is 16.0 Å². The van der Waals surface area contributed by atoms with Crippen LogP contribution in [0.3, 0.4) is 0 Å². The average molecular weight is 581 g/mol. The molecule has 0 bridgehead atoms. The number of aromatic hydroxyl groups is 1. The van der Waals surface area contributed by atoms with Crippen LogP contribution in [-0.4, -0.2) is 74.7 Å². The van der Waals surface area contributed by atoms with E-state index in [1.165, 1.54) is 30.9 Å². The number of aliphatic carboxylic acids is 1. The fraction of sp³-hybridized carbons (Fsp3) is 0.400. The Hall–Kier alpha value is -4.74. The van der Waals surface area contributed by atoms with E-state index in [0.29, 0.717) is 5.56 Å². The minimum absolute atomic E-state index is 0.0492. The summed E-state index contributed by atoms with van der Waals surface area (Å²) in [4.78, 5) is 77.0. The van der Waals surface area contributed by atoms with E-state index in [1.807, 2.05) is 12.1 Å². The first-order valence-corrected chi connectivity index (χ1v) is 13.6. The van der Waals surface area contributed by atoms with Crippen molar-refractivity contribution in [3.05, 3.63) is 65.2 Å². The monoisotopic (exact) mass is 580 g/mol. The van der Waals surface area contributed by atoms with E-state index >= 15 is 0 Å². The van der Waals surface area contributed by atoms with Gasteiger partial charge in [0.05, 0.1) is 6.04 Å². The third kappa shape index (κ3) is 7.93. The molecule has 2 aromatic rings. The molecule has 0 spiro atoms. The Labute approximate surface area is 243 Å². The number of hydrogen-bond donors (Lipinski definition) is 5. The third-order valence-electron chi connectivity index (χ3n) is 7.10. The Morgan fingerprint density at radius 2 is 1.52 bits per heavy atom. The zero-order valence-corrected chi connectivity index (χ0v) is 23.9. The number of hydrogen-bond acceptors (Lipinski definition) is 7. The van der Waals surface area contributed by atoms with Crippen LogP contribution in [0.15, 0.2) is 48.5 Å². The number of nitrogens with one attached hydrogen (secondary N) is 3. The summed E-state index contributed by atoms with van der Waals surface area (Å²) < 4.78 is 0. The molecule has 0 saturated heterocycles. The second-order valence-corrected chi connectivity index (χ2v) is 10.7. The van der Waals surface area contributed by atoms with Crippen LogP contribution in [0.4, 0.5) is 0 Å². The van der Waals surface area contributed by atoms with Crippen molar-refractivity contribution in [3.63, 3.8) is 0 Å². The molecular formula is C30H36N4O8. The van der Waals surface area contributed by atoms with Crippen LogP contribution >= 0.6 is 0 Å². The summed E-state index contributed by atoms with van der Waals surface area (Å²) >= 11 is 0. The number of nitrogens with zero attached hydrogens (tertiary/aromatic N) is 1. The van der Waals surface area contributed by atoms with Crippen LogP contribution in [0.2, 0.25) is 0 Å². The Morgan fingerprint density at radius 1 is 0.905 bits per heavy atom. The molecule has 1 aliphatic heterocycles. The highest BCUT2D eigenvalue weighted by Crippen LogP contribution is 2.25. The molecule has 0 radical (unpaired) electrons. The molecule has 4 atom stereocenters. The molecule has 4 amide bonds. The maximum Gasteiger partial charge on any atom is 0.374 e. The minimum Gasteiger partial charge on any atom is -0.508 e. The van der Waals surface area contributed by atoms with Gasteiger partial charge in [-0.15, -0.1) is 0 Å². The number of carboxylic acid groups (broad SMARTS) is 1. The third-order valence-corrected chi connectivity index (χ3v) is 7.10. The number of amides is 4. The summed E-state index contributed by atoms with van der Waals surface area (Å²) in [5.41, 5.74) is 2.30. The highest BCUT2D eigenvalue weighted by atomic mass is 16.4. The molecular weight excluding hydrogens is 544 g/mol. The van der Waals surface area contributed by atoms with Crippen molar-refractivity contribution in [2.24, 2.45) is 5.92 Å². The number of phenolic OH excluding ortho intramolecular Hbond substituents is 1. The number of carbonyl (C=O) groups excluding carboxylic acids is 5. The molecule has 0 saturated carbocycles. The van der Waals surface area contributed by atoms with Crippen LogP contribution in [0.25, 0.3) is 0 Å². The van der Waals surface area contributed by atoms with Gasteiger partial charge >= 0.3 is 5.97 Å². The molecule has 1 heterocycles. The zero-order valence-electron chi connectivity index (χ0n) is 23.9. The maximum atomic E-state index is 14.0. The van der Waals surface area contributed by atoms with E-state index < -0.39 is 65.5 Å². The fourth-order valence-corrected chi connectivity index (χ4v) is 4.82. The molecule has 12 heteroatoms. The highest BCUT2D eigenvalue weighted by molar-refractivity contribution is 6.35. The first-order chi connectivity index (χ1) is 19.8. The van der Waals surface area contributed by atoms with Crippen LogP contribution in [0.5, 0.6) is 5.75 Å². The topological polar surface area (TPSA) is 182 Å². The lowest BCUT2D eigenvalue weighted by Gasteiger charge is -2.39. The zero-order chi connectivity index (χ0) is 31.1. The van der Waals surface area contributed by atoms with E-state index in [1.54, 1.807) is 38.1 Å². The fourth-order valence-electron chi connectivity index (χ4n) is 4.82. The van der Waals surface area contributed by atoms with Gasteiger partial charge in [0.25, 0.3) is 5.78 Å². The first-order valence-electron chi connectivity index (χ1n) is 13.6. The standard InChI is InChI=1S/C30H36N4O8/c1-16(2)25(33-27(38)23(32-18(4)35)13-19-9-11-22(36)12-10-19)29(40)34-15-21-8-6-5-7-20(21)14-24(34)28(39)31-17(3)26(37)30(41)42/h5-12,16-17,23-25,36H,13-15H2,1-4H3,(H,31,39)(H,32,35)(H,33,38)(H,41,42)/t17?,23-,24-,25-/m0/s1. The highest BCUT2D eigenvalue weighted by Gasteiger charge is 2.40. The van der Waals surface area contributed by atoms with Crippen LogP contribution in [0.1, 0.15) is 44.4 Å². The lowest BCUT2D eigenvalue weighted by Crippen LogP contribution is -2.61. The molecule has 0 aliphatic carbocycles. The average Bonchev–Trinajstić information content (AvgIpc) is 2.94. The second-order valence-electron chi connectivity index (χ2n) is 10.7. The number of phenols is 1. The van der Waals surface area contributed by atoms with Gasteiger partial charge in [0.1, 0.15) is 23.9 Å². The van der Waals surface area contributed by atoms with Gasteiger partial charge in [-0.25, -0.2) is 4.79 Å². The minimum atomic E-state index is -1.69. The van der Waals surface area contributed by atoms with Crippen molar-refractivity contribution in [1.29, 1.82) is 0 Å². The van der Waals surface area contributed by atoms with Gasteiger partial charge in [-0.1, -0.05) is 50.2 Å². The predicted molar refractivity (Wildman–Crippen MR) is 151 cm³/mol. The lowest BCUT2D eigenvalue weighted by atomic mass is 9.91. The molecule has 0 fully saturated rings. The molecule has 42 heavy (non-hydrogen) atoms. The number of carboxylic acids is 1. The van der Waals surface area contributed by atoms with Crippen LogP contribution in [0, 0.1) is 5.92 Å². The number of benzene rings is 2. The molecule has 1 aliphatic rings. The SMILES string of the molecule is CC(=O)N[C@@H](Cc1ccc(O)cc1)C(=O)N[C@H](C(=O)N1Cc2ccccc2C[C@H]1C(=O)NC(C)C(=O)C(=O)O)C(C)C. The van der Waals surface area contributed by atoms with Crippen molar-refractivity contribution in [3.8, 4) is 5.75 Å². The Bertz CT molecular complexity index is 1360. The normalized spacial score (nSPS) is 16.4. The molecule has 2 aromatic carbocycles. The Morgan fingerprint density at radius 3 is 2.10 bits per heavy atom. The molecule has 0 aromatic heterocycles. The quantitative estimate of drug-likeness (QED) is 0.241. The van der Waals surface area contributed by atoms with Gasteiger partial charge < -0.3 is 31.1 Å². The van der Waals surface area contributed by atoms with Gasteiger partial charge in [-0.05, 0) is 41.7 Å². The van der Waals surface area contributed by atoms with Gasteiger partial charge in [-0.2, -0.15) is 0 Å². The summed E-state index contributed by atoms with van der Waals surface area (Å²) in [6.07, 6.45) is 0.220. The van der Waals surface area contributed by atoms with Crippen molar-refractivity contribution >= 4 is 35.4 Å². The predicted octanol–water partition coefficient (Wildman–Crippen LogP) is 0.692. The summed E-state index contributed by atoms with van der Waals surface area (Å²) in [6, 6.07) is 8.93. The van der Waals surface area contributed by atoms with E-state index in [4.69, 9.17) is 5.11 Å². The van der Waals surface area contributed by atoms with E-state index in [0.717, 1.165) is 11.1 Å². The largest absolute Gasteiger partial charge is 0.508 e. The summed E-state index contributed by atoms with van der Waals surface area (Å²) in [7, 11) is 0. The van der Waals surface area contributed by atoms with E-state index in [9.17, 15) is 33.9 Å². The van der Waals surface area contributed by atoms with Crippen molar-refractivity contribution < 1.29 is 39.0 Å². The number of fused-ring (bicyclic) bond motifs is 1. The van der Waals surface area contributed by atoms with Crippen molar-refractivity contribution in [2.45, 2.75) is 71.2 Å². The van der Waals surface area contributed by atoms with Gasteiger partial charge in [0, 0.05) is 26.3 Å². The summed E-state index contributed by atoms with van der Waals surface area (Å²) in [5.74, 6) is -5.54. The second kappa shape index (κ2) is 13.7. The number of Topliss-reactive ketones (excluding diaryl/α,β-unsaturated/α-hetero) is 1. The van der Waals surface area contributed by atoms with Gasteiger partial charge in [0.2, 0.25) is 23.6 Å². The molecule has 224 valence electrons. The van der Waals surface area contributed by atoms with Crippen LogP contribution < -0.4 is 16.0 Å². The molecule has 1 unspecified atom stereocenters. The maximum absolute atomic E-state index is 14.0. The van der Waals surface area contributed by atoms with Crippen molar-refractivity contribution in [2.75, 3.05) is 0 Å². The Balaban J connectivity index is 1.87. The molecule has 3 rings (SSSR count). The summed E-state index contributed by atoms with van der Waals surface area (Å²) in [5, 5.41) is 26.4. The smallest absolute Gasteiger partial charge is 0.374 e. The molecule has 5 N–H and O–H groups in total. The number of rotatable bonds is 11. The molecule has 12 nitrogen and oxygen atoms in total. The van der Waals surface area contributed by atoms with Crippen LogP contribution in [-0.2, 0) is 48.2 Å². The Kier molecular flexibility index (Phi) is 10.4. The summed E-state index contributed by atoms with van der Waals surface area (Å²) in [6.45, 7) is 6.04. The number of ketones is 1. The number of carbonyl (C=O) groups is 6. The van der Waals surface area contributed by atoms with Gasteiger partial charge in [0.15, 0.2) is 0 Å². The van der Waals surface area contributed by atoms with Gasteiger partial charge in [-0.3, -0.25) is 24.0 Å². The van der Waals surface area contributed by atoms with Crippen molar-refractivity contribution in [1.82, 2.24) is 20.9 Å². The lowest BCUT2D eigenvalue weighted by molar-refractivity contribution is -0.151. The first kappa shape index (κ1) is 31.8. The van der Waals surface area contributed by atoms with E-state index in [-0.39, 0.29) is 25.1 Å².